The first kappa shape index (κ1) is 8.69. The van der Waals surface area contributed by atoms with E-state index in [0.29, 0.717) is 5.69 Å². The second-order valence-corrected chi connectivity index (χ2v) is 3.02. The molecule has 0 N–H and O–H groups in total. The van der Waals surface area contributed by atoms with Crippen molar-refractivity contribution in [3.63, 3.8) is 0 Å². The normalized spacial score (nSPS) is 10.1. The van der Waals surface area contributed by atoms with Crippen LogP contribution in [0.1, 0.15) is 16.3 Å². The molecule has 0 spiro atoms. The van der Waals surface area contributed by atoms with E-state index in [2.05, 4.69) is 4.98 Å². The summed E-state index contributed by atoms with van der Waals surface area (Å²) in [7, 11) is 0. The topological polar surface area (TPSA) is 34.9 Å². The van der Waals surface area contributed by atoms with Crippen LogP contribution in [0.5, 0.6) is 0 Å². The van der Waals surface area contributed by atoms with Gasteiger partial charge in [-0.25, -0.2) is 4.98 Å². The molecule has 0 saturated carbocycles. The predicted octanol–water partition coefficient (Wildman–Crippen LogP) is 1.99. The number of aldehydes is 1. The van der Waals surface area contributed by atoms with Crippen molar-refractivity contribution in [1.82, 2.24) is 9.55 Å². The van der Waals surface area contributed by atoms with E-state index in [0.717, 1.165) is 17.8 Å². The molecule has 70 valence electrons. The maximum Gasteiger partial charge on any atom is 0.168 e. The molecule has 0 radical (unpaired) electrons. The number of hydrogen-bond donors (Lipinski definition) is 0. The number of aromatic nitrogens is 2. The first-order valence-corrected chi connectivity index (χ1v) is 4.38. The van der Waals surface area contributed by atoms with Crippen molar-refractivity contribution >= 4 is 6.29 Å². The quantitative estimate of drug-likeness (QED) is 0.672. The van der Waals surface area contributed by atoms with E-state index in [1.807, 2.05) is 41.8 Å². The smallest absolute Gasteiger partial charge is 0.168 e. The summed E-state index contributed by atoms with van der Waals surface area (Å²) in [4.78, 5) is 14.8. The Labute approximate surface area is 82.0 Å². The molecule has 0 fully saturated rings. The second-order valence-electron chi connectivity index (χ2n) is 3.02. The Bertz CT molecular complexity index is 446. The van der Waals surface area contributed by atoms with Gasteiger partial charge in [0.1, 0.15) is 11.5 Å². The van der Waals surface area contributed by atoms with Gasteiger partial charge in [-0.1, -0.05) is 18.2 Å². The Morgan fingerprint density at radius 3 is 2.64 bits per heavy atom. The SMILES string of the molecule is Cc1ncc(C=O)n1-c1ccccc1. The highest BCUT2D eigenvalue weighted by atomic mass is 16.1. The number of carbonyl (C=O) groups excluding carboxylic acids is 1. The van der Waals surface area contributed by atoms with Crippen molar-refractivity contribution < 1.29 is 4.79 Å². The molecule has 14 heavy (non-hydrogen) atoms. The van der Waals surface area contributed by atoms with Gasteiger partial charge in [0.2, 0.25) is 0 Å². The van der Waals surface area contributed by atoms with Gasteiger partial charge < -0.3 is 0 Å². The van der Waals surface area contributed by atoms with Crippen molar-refractivity contribution in [2.75, 3.05) is 0 Å². The van der Waals surface area contributed by atoms with Crippen LogP contribution in [0, 0.1) is 6.92 Å². The molecule has 3 nitrogen and oxygen atoms in total. The second kappa shape index (κ2) is 3.46. The Morgan fingerprint density at radius 1 is 1.29 bits per heavy atom. The fraction of sp³-hybridized carbons (Fsp3) is 0.0909. The van der Waals surface area contributed by atoms with Gasteiger partial charge in [0.05, 0.1) is 6.20 Å². The molecule has 0 bridgehead atoms. The van der Waals surface area contributed by atoms with Crippen molar-refractivity contribution in [1.29, 1.82) is 0 Å². The van der Waals surface area contributed by atoms with Crippen LogP contribution in [0.15, 0.2) is 36.5 Å². The van der Waals surface area contributed by atoms with E-state index >= 15 is 0 Å². The Balaban J connectivity index is 2.61. The lowest BCUT2D eigenvalue weighted by atomic mass is 10.3. The molecule has 0 amide bonds. The lowest BCUT2D eigenvalue weighted by molar-refractivity contribution is 0.111. The highest BCUT2D eigenvalue weighted by Gasteiger charge is 2.06. The maximum atomic E-state index is 10.8. The van der Waals surface area contributed by atoms with Crippen LogP contribution >= 0.6 is 0 Å². The average molecular weight is 186 g/mol. The summed E-state index contributed by atoms with van der Waals surface area (Å²) in [5.41, 5.74) is 1.54. The largest absolute Gasteiger partial charge is 0.296 e. The van der Waals surface area contributed by atoms with Crippen molar-refractivity contribution in [3.8, 4) is 5.69 Å². The van der Waals surface area contributed by atoms with Gasteiger partial charge in [0, 0.05) is 5.69 Å². The number of hydrogen-bond acceptors (Lipinski definition) is 2. The minimum absolute atomic E-state index is 0.578. The lowest BCUT2D eigenvalue weighted by Gasteiger charge is -2.05. The first-order valence-electron chi connectivity index (χ1n) is 4.38. The van der Waals surface area contributed by atoms with Crippen LogP contribution in [-0.2, 0) is 0 Å². The minimum Gasteiger partial charge on any atom is -0.296 e. The van der Waals surface area contributed by atoms with Gasteiger partial charge in [-0.2, -0.15) is 0 Å². The molecule has 2 aromatic rings. The molecule has 0 aliphatic rings. The summed E-state index contributed by atoms with van der Waals surface area (Å²) in [5.74, 6) is 0.818. The molecule has 0 atom stereocenters. The molecule has 1 aromatic carbocycles. The molecule has 0 aliphatic heterocycles. The third kappa shape index (κ3) is 1.33. The number of imidazole rings is 1. The Morgan fingerprint density at radius 2 is 2.00 bits per heavy atom. The zero-order valence-corrected chi connectivity index (χ0v) is 7.84. The fourth-order valence-electron chi connectivity index (χ4n) is 1.46. The molecular formula is C11H10N2O. The third-order valence-electron chi connectivity index (χ3n) is 2.10. The van der Waals surface area contributed by atoms with Gasteiger partial charge >= 0.3 is 0 Å². The molecular weight excluding hydrogens is 176 g/mol. The summed E-state index contributed by atoms with van der Waals surface area (Å²) < 4.78 is 1.83. The van der Waals surface area contributed by atoms with Crippen molar-refractivity contribution in [3.05, 3.63) is 48.0 Å². The third-order valence-corrected chi connectivity index (χ3v) is 2.10. The van der Waals surface area contributed by atoms with Crippen LogP contribution < -0.4 is 0 Å². The molecule has 0 unspecified atom stereocenters. The summed E-state index contributed by atoms with van der Waals surface area (Å²) in [5, 5.41) is 0. The number of carbonyl (C=O) groups is 1. The van der Waals surface area contributed by atoms with Gasteiger partial charge in [-0.15, -0.1) is 0 Å². The monoisotopic (exact) mass is 186 g/mol. The number of nitrogens with zero attached hydrogens (tertiary/aromatic N) is 2. The molecule has 0 aliphatic carbocycles. The highest BCUT2D eigenvalue weighted by Crippen LogP contribution is 2.12. The standard InChI is InChI=1S/C11H10N2O/c1-9-12-7-11(8-14)13(9)10-5-3-2-4-6-10/h2-8H,1H3. The van der Waals surface area contributed by atoms with E-state index in [4.69, 9.17) is 0 Å². The van der Waals surface area contributed by atoms with Gasteiger partial charge in [-0.3, -0.25) is 9.36 Å². The number of para-hydroxylation sites is 1. The van der Waals surface area contributed by atoms with E-state index in [1.165, 1.54) is 0 Å². The molecule has 3 heteroatoms. The average Bonchev–Trinajstić information content (AvgIpc) is 2.61. The Kier molecular flexibility index (Phi) is 2.14. The first-order chi connectivity index (χ1) is 6.83. The summed E-state index contributed by atoms with van der Waals surface area (Å²) in [6.07, 6.45) is 2.39. The van der Waals surface area contributed by atoms with E-state index in [1.54, 1.807) is 6.20 Å². The molecule has 1 aromatic heterocycles. The maximum absolute atomic E-state index is 10.8. The zero-order valence-electron chi connectivity index (χ0n) is 7.84. The van der Waals surface area contributed by atoms with Gasteiger partial charge in [0.15, 0.2) is 6.29 Å². The number of benzene rings is 1. The van der Waals surface area contributed by atoms with Crippen molar-refractivity contribution in [2.45, 2.75) is 6.92 Å². The van der Waals surface area contributed by atoms with Crippen LogP contribution in [-0.4, -0.2) is 15.8 Å². The van der Waals surface area contributed by atoms with E-state index in [9.17, 15) is 4.79 Å². The van der Waals surface area contributed by atoms with Crippen LogP contribution in [0.3, 0.4) is 0 Å². The van der Waals surface area contributed by atoms with Crippen LogP contribution in [0.25, 0.3) is 5.69 Å². The molecule has 2 rings (SSSR count). The van der Waals surface area contributed by atoms with Crippen molar-refractivity contribution in [2.24, 2.45) is 0 Å². The summed E-state index contributed by atoms with van der Waals surface area (Å²) in [6.45, 7) is 1.88. The van der Waals surface area contributed by atoms with Gasteiger partial charge in [0.25, 0.3) is 0 Å². The number of rotatable bonds is 2. The summed E-state index contributed by atoms with van der Waals surface area (Å²) >= 11 is 0. The minimum atomic E-state index is 0.578. The van der Waals surface area contributed by atoms with Crippen LogP contribution in [0.2, 0.25) is 0 Å². The predicted molar refractivity (Wildman–Crippen MR) is 53.7 cm³/mol. The van der Waals surface area contributed by atoms with E-state index < -0.39 is 0 Å². The fourth-order valence-corrected chi connectivity index (χ4v) is 1.46. The Hall–Kier alpha value is -1.90. The zero-order chi connectivity index (χ0) is 9.97. The molecule has 0 saturated heterocycles. The summed E-state index contributed by atoms with van der Waals surface area (Å²) in [6, 6.07) is 9.70. The van der Waals surface area contributed by atoms with Gasteiger partial charge in [-0.05, 0) is 19.1 Å². The van der Waals surface area contributed by atoms with E-state index in [-0.39, 0.29) is 0 Å². The number of aryl methyl sites for hydroxylation is 1. The van der Waals surface area contributed by atoms with Crippen LogP contribution in [0.4, 0.5) is 0 Å². The molecule has 1 heterocycles. The highest BCUT2D eigenvalue weighted by molar-refractivity contribution is 5.73. The lowest BCUT2D eigenvalue weighted by Crippen LogP contribution is -2.00.